The van der Waals surface area contributed by atoms with Gasteiger partial charge in [0.2, 0.25) is 0 Å². The lowest BCUT2D eigenvalue weighted by Crippen LogP contribution is -2.13. The Morgan fingerprint density at radius 1 is 0.871 bits per heavy atom. The Labute approximate surface area is 189 Å². The number of aromatic nitrogens is 1. The van der Waals surface area contributed by atoms with Crippen LogP contribution < -0.4 is 0 Å². The summed E-state index contributed by atoms with van der Waals surface area (Å²) in [7, 11) is 0. The minimum absolute atomic E-state index is 0.0891. The molecule has 3 aromatic rings. The van der Waals surface area contributed by atoms with Gasteiger partial charge in [0.1, 0.15) is 5.82 Å². The molecule has 0 saturated heterocycles. The predicted octanol–water partition coefficient (Wildman–Crippen LogP) is 7.27. The Morgan fingerprint density at radius 3 is 2.00 bits per heavy atom. The number of rotatable bonds is 8. The summed E-state index contributed by atoms with van der Waals surface area (Å²) >= 11 is 1.70. The van der Waals surface area contributed by atoms with Crippen molar-refractivity contribution < 1.29 is 9.50 Å². The number of thioether (sulfide) groups is 1. The molecule has 0 spiro atoms. The quantitative estimate of drug-likeness (QED) is 0.376. The Bertz CT molecular complexity index is 1010. The Hall–Kier alpha value is -2.17. The van der Waals surface area contributed by atoms with Crippen LogP contribution in [0.15, 0.2) is 53.4 Å². The standard InChI is InChI=1S/C27H32FNOS/c1-17(2)26-23(14-15-30)25(20-8-6-19(5)7-9-20)24(27(29-26)18(3)4)16-31-22-12-10-21(28)11-13-22/h6-13,17-18,30H,14-16H2,1-5H3. The molecule has 2 nitrogen and oxygen atoms in total. The van der Waals surface area contributed by atoms with Gasteiger partial charge in [0, 0.05) is 28.6 Å². The highest BCUT2D eigenvalue weighted by Crippen LogP contribution is 2.39. The molecule has 0 aliphatic rings. The van der Waals surface area contributed by atoms with Gasteiger partial charge in [0.15, 0.2) is 0 Å². The van der Waals surface area contributed by atoms with Crippen LogP contribution in [-0.2, 0) is 12.2 Å². The van der Waals surface area contributed by atoms with Crippen molar-refractivity contribution in [3.8, 4) is 11.1 Å². The molecule has 0 atom stereocenters. The van der Waals surface area contributed by atoms with Crippen molar-refractivity contribution in [3.05, 3.63) is 82.4 Å². The summed E-state index contributed by atoms with van der Waals surface area (Å²) in [6, 6.07) is 15.3. The average molecular weight is 438 g/mol. The molecule has 0 radical (unpaired) electrons. The number of halogens is 1. The van der Waals surface area contributed by atoms with Crippen LogP contribution in [0.25, 0.3) is 11.1 Å². The van der Waals surface area contributed by atoms with E-state index in [9.17, 15) is 9.50 Å². The first kappa shape index (κ1) is 23.5. The zero-order chi connectivity index (χ0) is 22.5. The van der Waals surface area contributed by atoms with Gasteiger partial charge in [-0.3, -0.25) is 4.98 Å². The third-order valence-corrected chi connectivity index (χ3v) is 6.49. The molecule has 1 N–H and O–H groups in total. The molecule has 0 amide bonds. The molecule has 0 bridgehead atoms. The first-order chi connectivity index (χ1) is 14.8. The lowest BCUT2D eigenvalue weighted by Gasteiger charge is -2.25. The van der Waals surface area contributed by atoms with Crippen LogP contribution in [0.5, 0.6) is 0 Å². The first-order valence-corrected chi connectivity index (χ1v) is 11.9. The van der Waals surface area contributed by atoms with Crippen molar-refractivity contribution in [3.63, 3.8) is 0 Å². The van der Waals surface area contributed by atoms with E-state index in [2.05, 4.69) is 58.9 Å². The zero-order valence-corrected chi connectivity index (χ0v) is 19.9. The number of pyridine rings is 1. The van der Waals surface area contributed by atoms with Crippen LogP contribution in [0.2, 0.25) is 0 Å². The van der Waals surface area contributed by atoms with E-state index in [0.717, 1.165) is 33.2 Å². The number of aryl methyl sites for hydroxylation is 1. The molecular formula is C27H32FNOS. The maximum absolute atomic E-state index is 13.4. The van der Waals surface area contributed by atoms with E-state index in [-0.39, 0.29) is 24.3 Å². The lowest BCUT2D eigenvalue weighted by atomic mass is 9.86. The maximum atomic E-state index is 13.4. The van der Waals surface area contributed by atoms with Gasteiger partial charge in [-0.15, -0.1) is 11.8 Å². The fourth-order valence-electron chi connectivity index (χ4n) is 3.92. The van der Waals surface area contributed by atoms with E-state index in [1.54, 1.807) is 11.8 Å². The summed E-state index contributed by atoms with van der Waals surface area (Å²) in [6.07, 6.45) is 0.580. The van der Waals surface area contributed by atoms with Gasteiger partial charge in [0.05, 0.1) is 0 Å². The summed E-state index contributed by atoms with van der Waals surface area (Å²) < 4.78 is 13.4. The second kappa shape index (κ2) is 10.4. The van der Waals surface area contributed by atoms with Crippen molar-refractivity contribution in [1.29, 1.82) is 0 Å². The number of benzene rings is 2. The van der Waals surface area contributed by atoms with Gasteiger partial charge in [-0.25, -0.2) is 4.39 Å². The normalized spacial score (nSPS) is 11.5. The monoisotopic (exact) mass is 437 g/mol. The molecular weight excluding hydrogens is 405 g/mol. The predicted molar refractivity (Wildman–Crippen MR) is 129 cm³/mol. The molecule has 1 aromatic heterocycles. The van der Waals surface area contributed by atoms with Gasteiger partial charge in [0.25, 0.3) is 0 Å². The fourth-order valence-corrected chi connectivity index (χ4v) is 4.86. The number of hydrogen-bond donors (Lipinski definition) is 1. The van der Waals surface area contributed by atoms with Crippen LogP contribution >= 0.6 is 11.8 Å². The fraction of sp³-hybridized carbons (Fsp3) is 0.370. The Balaban J connectivity index is 2.22. The van der Waals surface area contributed by atoms with Crippen LogP contribution in [0, 0.1) is 12.7 Å². The van der Waals surface area contributed by atoms with Gasteiger partial charge >= 0.3 is 0 Å². The summed E-state index contributed by atoms with van der Waals surface area (Å²) in [5, 5.41) is 9.88. The van der Waals surface area contributed by atoms with Crippen molar-refractivity contribution in [1.82, 2.24) is 4.98 Å². The van der Waals surface area contributed by atoms with Crippen LogP contribution in [0.1, 0.15) is 67.6 Å². The molecule has 0 aliphatic carbocycles. The van der Waals surface area contributed by atoms with Crippen molar-refractivity contribution in [2.75, 3.05) is 6.61 Å². The van der Waals surface area contributed by atoms with Gasteiger partial charge in [-0.05, 0) is 71.7 Å². The molecule has 164 valence electrons. The summed E-state index contributed by atoms with van der Waals surface area (Å²) in [5.74, 6) is 1.06. The topological polar surface area (TPSA) is 33.1 Å². The first-order valence-electron chi connectivity index (χ1n) is 10.9. The molecule has 0 aliphatic heterocycles. The molecule has 4 heteroatoms. The highest BCUT2D eigenvalue weighted by atomic mass is 32.2. The van der Waals surface area contributed by atoms with E-state index in [1.807, 2.05) is 12.1 Å². The smallest absolute Gasteiger partial charge is 0.123 e. The molecule has 0 saturated carbocycles. The minimum Gasteiger partial charge on any atom is -0.396 e. The zero-order valence-electron chi connectivity index (χ0n) is 19.1. The Kier molecular flexibility index (Phi) is 7.90. The van der Waals surface area contributed by atoms with E-state index >= 15 is 0 Å². The van der Waals surface area contributed by atoms with Crippen LogP contribution in [-0.4, -0.2) is 16.7 Å². The van der Waals surface area contributed by atoms with Crippen LogP contribution in [0.4, 0.5) is 4.39 Å². The SMILES string of the molecule is Cc1ccc(-c2c(CCO)c(C(C)C)nc(C(C)C)c2CSc2ccc(F)cc2)cc1. The average Bonchev–Trinajstić information content (AvgIpc) is 2.73. The summed E-state index contributed by atoms with van der Waals surface area (Å²) in [5.41, 5.74) is 8.11. The number of nitrogens with zero attached hydrogens (tertiary/aromatic N) is 1. The van der Waals surface area contributed by atoms with Gasteiger partial charge < -0.3 is 5.11 Å². The summed E-state index contributed by atoms with van der Waals surface area (Å²) in [6.45, 7) is 10.9. The molecule has 3 rings (SSSR count). The second-order valence-electron chi connectivity index (χ2n) is 8.61. The minimum atomic E-state index is -0.222. The molecule has 0 fully saturated rings. The van der Waals surface area contributed by atoms with E-state index in [1.165, 1.54) is 28.8 Å². The molecule has 0 unspecified atom stereocenters. The summed E-state index contributed by atoms with van der Waals surface area (Å²) in [4.78, 5) is 6.17. The third-order valence-electron chi connectivity index (χ3n) is 5.46. The molecule has 2 aromatic carbocycles. The molecule has 1 heterocycles. The van der Waals surface area contributed by atoms with Gasteiger partial charge in [-0.2, -0.15) is 0 Å². The van der Waals surface area contributed by atoms with E-state index in [0.29, 0.717) is 6.42 Å². The van der Waals surface area contributed by atoms with Crippen LogP contribution in [0.3, 0.4) is 0 Å². The second-order valence-corrected chi connectivity index (χ2v) is 9.65. The number of aliphatic hydroxyl groups excluding tert-OH is 1. The maximum Gasteiger partial charge on any atom is 0.123 e. The highest BCUT2D eigenvalue weighted by molar-refractivity contribution is 7.98. The van der Waals surface area contributed by atoms with E-state index in [4.69, 9.17) is 4.98 Å². The van der Waals surface area contributed by atoms with E-state index < -0.39 is 0 Å². The van der Waals surface area contributed by atoms with Crippen molar-refractivity contribution in [2.45, 2.75) is 63.5 Å². The van der Waals surface area contributed by atoms with Crippen molar-refractivity contribution in [2.24, 2.45) is 0 Å². The number of hydrogen-bond acceptors (Lipinski definition) is 3. The number of aliphatic hydroxyl groups is 1. The Morgan fingerprint density at radius 2 is 1.45 bits per heavy atom. The molecule has 31 heavy (non-hydrogen) atoms. The largest absolute Gasteiger partial charge is 0.396 e. The van der Waals surface area contributed by atoms with Crippen molar-refractivity contribution >= 4 is 11.8 Å². The highest BCUT2D eigenvalue weighted by Gasteiger charge is 2.23. The third kappa shape index (κ3) is 5.55. The van der Waals surface area contributed by atoms with Gasteiger partial charge in [-0.1, -0.05) is 57.5 Å². The lowest BCUT2D eigenvalue weighted by molar-refractivity contribution is 0.299.